The van der Waals surface area contributed by atoms with Crippen LogP contribution >= 0.6 is 0 Å². The van der Waals surface area contributed by atoms with E-state index in [1.807, 2.05) is 0 Å². The first-order valence-corrected chi connectivity index (χ1v) is 7.03. The predicted molar refractivity (Wildman–Crippen MR) is 79.6 cm³/mol. The van der Waals surface area contributed by atoms with E-state index in [4.69, 9.17) is 5.73 Å². The maximum absolute atomic E-state index is 9.60. The second kappa shape index (κ2) is 6.37. The molecule has 1 heterocycles. The zero-order valence-electron chi connectivity index (χ0n) is 12.0. The minimum atomic E-state index is -0.397. The second-order valence-electron chi connectivity index (χ2n) is 5.42. The van der Waals surface area contributed by atoms with Crippen LogP contribution in [0.5, 0.6) is 0 Å². The molecule has 1 aromatic rings. The number of aryl methyl sites for hydroxylation is 2. The Bertz CT molecular complexity index is 394. The third kappa shape index (κ3) is 3.47. The molecule has 0 radical (unpaired) electrons. The normalized spacial score (nSPS) is 18.6. The number of β-amino-alcohol motifs (C(OH)–C–C–N with tert-alkyl or cyclic N) is 1. The summed E-state index contributed by atoms with van der Waals surface area (Å²) < 4.78 is 0. The van der Waals surface area contributed by atoms with E-state index in [2.05, 4.69) is 41.8 Å². The monoisotopic (exact) mass is 263 g/mol. The molecule has 1 fully saturated rings. The molecule has 1 saturated heterocycles. The standard InChI is InChI=1S/C15H25N3O/c1-12-4-3-5-13(2)15(12)18-8-6-17(7-9-18)11-14(19)10-16/h3-5,14,19H,6-11,16H2,1-2H3. The molecule has 4 heteroatoms. The summed E-state index contributed by atoms with van der Waals surface area (Å²) in [5, 5.41) is 9.60. The van der Waals surface area contributed by atoms with Gasteiger partial charge in [0.05, 0.1) is 6.10 Å². The summed E-state index contributed by atoms with van der Waals surface area (Å²) in [5.74, 6) is 0. The van der Waals surface area contributed by atoms with E-state index in [9.17, 15) is 5.11 Å². The number of nitrogens with zero attached hydrogens (tertiary/aromatic N) is 2. The zero-order valence-corrected chi connectivity index (χ0v) is 12.0. The summed E-state index contributed by atoms with van der Waals surface area (Å²) in [6.07, 6.45) is -0.397. The first-order chi connectivity index (χ1) is 9.11. The number of aliphatic hydroxyl groups is 1. The Morgan fingerprint density at radius 1 is 1.16 bits per heavy atom. The van der Waals surface area contributed by atoms with Gasteiger partial charge < -0.3 is 15.7 Å². The average Bonchev–Trinajstić information content (AvgIpc) is 2.40. The minimum Gasteiger partial charge on any atom is -0.390 e. The van der Waals surface area contributed by atoms with Crippen molar-refractivity contribution >= 4 is 5.69 Å². The smallest absolute Gasteiger partial charge is 0.0789 e. The number of rotatable bonds is 4. The average molecular weight is 263 g/mol. The van der Waals surface area contributed by atoms with E-state index in [0.29, 0.717) is 13.1 Å². The summed E-state index contributed by atoms with van der Waals surface area (Å²) in [6, 6.07) is 6.46. The Kier molecular flexibility index (Phi) is 4.80. The van der Waals surface area contributed by atoms with Gasteiger partial charge in [0.15, 0.2) is 0 Å². The third-order valence-electron chi connectivity index (χ3n) is 3.87. The highest BCUT2D eigenvalue weighted by Crippen LogP contribution is 2.25. The summed E-state index contributed by atoms with van der Waals surface area (Å²) in [4.78, 5) is 4.75. The molecule has 0 aliphatic carbocycles. The van der Waals surface area contributed by atoms with Crippen molar-refractivity contribution in [2.45, 2.75) is 20.0 Å². The molecule has 1 aliphatic rings. The highest BCUT2D eigenvalue weighted by Gasteiger charge is 2.20. The highest BCUT2D eigenvalue weighted by molar-refractivity contribution is 5.59. The quantitative estimate of drug-likeness (QED) is 0.841. The zero-order chi connectivity index (χ0) is 13.8. The largest absolute Gasteiger partial charge is 0.390 e. The van der Waals surface area contributed by atoms with Crippen LogP contribution < -0.4 is 10.6 Å². The van der Waals surface area contributed by atoms with Gasteiger partial charge in [-0.1, -0.05) is 18.2 Å². The molecule has 4 nitrogen and oxygen atoms in total. The number of piperazine rings is 1. The SMILES string of the molecule is Cc1cccc(C)c1N1CCN(CC(O)CN)CC1. The van der Waals surface area contributed by atoms with E-state index >= 15 is 0 Å². The fraction of sp³-hybridized carbons (Fsp3) is 0.600. The molecule has 0 amide bonds. The van der Waals surface area contributed by atoms with Gasteiger partial charge in [-0.25, -0.2) is 0 Å². The second-order valence-corrected chi connectivity index (χ2v) is 5.42. The number of anilines is 1. The summed E-state index contributed by atoms with van der Waals surface area (Å²) in [6.45, 7) is 9.40. The number of nitrogens with two attached hydrogens (primary N) is 1. The lowest BCUT2D eigenvalue weighted by Crippen LogP contribution is -2.49. The predicted octanol–water partition coefficient (Wildman–Crippen LogP) is 0.745. The van der Waals surface area contributed by atoms with Crippen LogP contribution in [0.3, 0.4) is 0 Å². The first-order valence-electron chi connectivity index (χ1n) is 7.03. The van der Waals surface area contributed by atoms with Gasteiger partial charge in [0.1, 0.15) is 0 Å². The lowest BCUT2D eigenvalue weighted by Gasteiger charge is -2.38. The van der Waals surface area contributed by atoms with Crippen LogP contribution in [0.15, 0.2) is 18.2 Å². The van der Waals surface area contributed by atoms with Crippen molar-refractivity contribution in [1.29, 1.82) is 0 Å². The van der Waals surface area contributed by atoms with Gasteiger partial charge in [0, 0.05) is 45.0 Å². The van der Waals surface area contributed by atoms with Crippen molar-refractivity contribution in [1.82, 2.24) is 4.90 Å². The topological polar surface area (TPSA) is 52.7 Å². The molecule has 1 aliphatic heterocycles. The fourth-order valence-electron chi connectivity index (χ4n) is 2.83. The van der Waals surface area contributed by atoms with Gasteiger partial charge in [-0.15, -0.1) is 0 Å². The maximum atomic E-state index is 9.60. The van der Waals surface area contributed by atoms with Gasteiger partial charge >= 0.3 is 0 Å². The lowest BCUT2D eigenvalue weighted by molar-refractivity contribution is 0.115. The number of hydrogen-bond acceptors (Lipinski definition) is 4. The maximum Gasteiger partial charge on any atom is 0.0789 e. The Labute approximate surface area is 115 Å². The molecule has 1 unspecified atom stereocenters. The molecule has 0 aromatic heterocycles. The van der Waals surface area contributed by atoms with Crippen molar-refractivity contribution in [3.8, 4) is 0 Å². The third-order valence-corrected chi connectivity index (χ3v) is 3.87. The van der Waals surface area contributed by atoms with Crippen LogP contribution in [0.1, 0.15) is 11.1 Å². The Balaban J connectivity index is 1.96. The summed E-state index contributed by atoms with van der Waals surface area (Å²) in [5.41, 5.74) is 9.52. The van der Waals surface area contributed by atoms with Crippen LogP contribution in [-0.4, -0.2) is 55.4 Å². The van der Waals surface area contributed by atoms with E-state index in [1.165, 1.54) is 16.8 Å². The first kappa shape index (κ1) is 14.3. The molecule has 3 N–H and O–H groups in total. The molecular weight excluding hydrogens is 238 g/mol. The Hall–Kier alpha value is -1.10. The Morgan fingerprint density at radius 2 is 1.74 bits per heavy atom. The van der Waals surface area contributed by atoms with E-state index in [0.717, 1.165) is 26.2 Å². The van der Waals surface area contributed by atoms with Crippen LogP contribution in [0.2, 0.25) is 0 Å². The minimum absolute atomic E-state index is 0.344. The number of hydrogen-bond donors (Lipinski definition) is 2. The van der Waals surface area contributed by atoms with Crippen LogP contribution in [-0.2, 0) is 0 Å². The van der Waals surface area contributed by atoms with Crippen molar-refractivity contribution in [2.75, 3.05) is 44.2 Å². The van der Waals surface area contributed by atoms with Gasteiger partial charge in [-0.2, -0.15) is 0 Å². The van der Waals surface area contributed by atoms with E-state index < -0.39 is 6.10 Å². The van der Waals surface area contributed by atoms with Crippen molar-refractivity contribution in [3.63, 3.8) is 0 Å². The molecule has 19 heavy (non-hydrogen) atoms. The Morgan fingerprint density at radius 3 is 2.26 bits per heavy atom. The van der Waals surface area contributed by atoms with Crippen molar-refractivity contribution in [3.05, 3.63) is 29.3 Å². The highest BCUT2D eigenvalue weighted by atomic mass is 16.3. The molecular formula is C15H25N3O. The van der Waals surface area contributed by atoms with Crippen LogP contribution in [0, 0.1) is 13.8 Å². The van der Waals surface area contributed by atoms with Gasteiger partial charge in [0.2, 0.25) is 0 Å². The summed E-state index contributed by atoms with van der Waals surface area (Å²) >= 11 is 0. The number of aliphatic hydroxyl groups excluding tert-OH is 1. The molecule has 1 aromatic carbocycles. The fourth-order valence-corrected chi connectivity index (χ4v) is 2.83. The van der Waals surface area contributed by atoms with Gasteiger partial charge in [-0.3, -0.25) is 4.90 Å². The molecule has 106 valence electrons. The van der Waals surface area contributed by atoms with Crippen LogP contribution in [0.25, 0.3) is 0 Å². The molecule has 0 spiro atoms. The van der Waals surface area contributed by atoms with E-state index in [-0.39, 0.29) is 0 Å². The van der Waals surface area contributed by atoms with E-state index in [1.54, 1.807) is 0 Å². The molecule has 0 bridgehead atoms. The van der Waals surface area contributed by atoms with Gasteiger partial charge in [-0.05, 0) is 25.0 Å². The number of benzene rings is 1. The lowest BCUT2D eigenvalue weighted by atomic mass is 10.1. The van der Waals surface area contributed by atoms with Crippen molar-refractivity contribution in [2.24, 2.45) is 5.73 Å². The van der Waals surface area contributed by atoms with Gasteiger partial charge in [0.25, 0.3) is 0 Å². The van der Waals surface area contributed by atoms with Crippen LogP contribution in [0.4, 0.5) is 5.69 Å². The molecule has 1 atom stereocenters. The number of para-hydroxylation sites is 1. The molecule has 0 saturated carbocycles. The van der Waals surface area contributed by atoms with Crippen molar-refractivity contribution < 1.29 is 5.11 Å². The summed E-state index contributed by atoms with van der Waals surface area (Å²) in [7, 11) is 0. The molecule has 2 rings (SSSR count).